The Morgan fingerprint density at radius 2 is 1.75 bits per heavy atom. The minimum Gasteiger partial charge on any atom is -0.486 e. The molecule has 0 aliphatic carbocycles. The first-order valence-electron chi connectivity index (χ1n) is 6.14. The topological polar surface area (TPSA) is 18.5 Å². The van der Waals surface area contributed by atoms with Crippen LogP contribution in [0.1, 0.15) is 16.5 Å². The van der Waals surface area contributed by atoms with Gasteiger partial charge in [-0.3, -0.25) is 0 Å². The van der Waals surface area contributed by atoms with E-state index >= 15 is 0 Å². The Morgan fingerprint density at radius 3 is 2.50 bits per heavy atom. The highest BCUT2D eigenvalue weighted by atomic mass is 35.5. The van der Waals surface area contributed by atoms with E-state index in [1.807, 2.05) is 0 Å². The van der Waals surface area contributed by atoms with Crippen LogP contribution in [0.4, 0.5) is 4.39 Å². The molecule has 0 saturated carbocycles. The first-order chi connectivity index (χ1) is 9.65. The molecule has 0 N–H and O–H groups in total. The maximum atomic E-state index is 13.9. The molecule has 0 saturated heterocycles. The molecule has 0 bridgehead atoms. The molecule has 0 spiro atoms. The highest BCUT2D eigenvalue weighted by molar-refractivity contribution is 6.30. The van der Waals surface area contributed by atoms with Crippen molar-refractivity contribution < 1.29 is 13.9 Å². The SMILES string of the molecule is Fc1cc(Cl)ccc1C(Cl)c1ccc2c(c1)OCCO2. The summed E-state index contributed by atoms with van der Waals surface area (Å²) in [7, 11) is 0. The van der Waals surface area contributed by atoms with Crippen molar-refractivity contribution in [3.05, 3.63) is 58.4 Å². The fourth-order valence-electron chi connectivity index (χ4n) is 2.10. The van der Waals surface area contributed by atoms with Crippen LogP contribution in [-0.4, -0.2) is 13.2 Å². The number of hydrogen-bond acceptors (Lipinski definition) is 2. The monoisotopic (exact) mass is 312 g/mol. The van der Waals surface area contributed by atoms with Gasteiger partial charge in [0.2, 0.25) is 0 Å². The maximum Gasteiger partial charge on any atom is 0.161 e. The second kappa shape index (κ2) is 5.51. The number of hydrogen-bond donors (Lipinski definition) is 0. The summed E-state index contributed by atoms with van der Waals surface area (Å²) >= 11 is 12.1. The van der Waals surface area contributed by atoms with Crippen molar-refractivity contribution in [2.45, 2.75) is 5.38 Å². The third-order valence-electron chi connectivity index (χ3n) is 3.09. The van der Waals surface area contributed by atoms with E-state index in [1.54, 1.807) is 30.3 Å². The summed E-state index contributed by atoms with van der Waals surface area (Å²) in [5.74, 6) is 0.890. The fourth-order valence-corrected chi connectivity index (χ4v) is 2.58. The number of alkyl halides is 1. The highest BCUT2D eigenvalue weighted by Crippen LogP contribution is 2.37. The van der Waals surface area contributed by atoms with Crippen molar-refractivity contribution in [1.29, 1.82) is 0 Å². The lowest BCUT2D eigenvalue weighted by molar-refractivity contribution is 0.171. The van der Waals surface area contributed by atoms with E-state index in [0.717, 1.165) is 5.56 Å². The van der Waals surface area contributed by atoms with Crippen LogP contribution in [0.15, 0.2) is 36.4 Å². The number of halogens is 3. The van der Waals surface area contributed by atoms with Crippen LogP contribution in [0.3, 0.4) is 0 Å². The van der Waals surface area contributed by atoms with Gasteiger partial charge in [0.25, 0.3) is 0 Å². The summed E-state index contributed by atoms with van der Waals surface area (Å²) in [6.45, 7) is 1.03. The van der Waals surface area contributed by atoms with Crippen molar-refractivity contribution in [1.82, 2.24) is 0 Å². The van der Waals surface area contributed by atoms with Crippen LogP contribution in [0.2, 0.25) is 5.02 Å². The van der Waals surface area contributed by atoms with Crippen molar-refractivity contribution in [3.8, 4) is 11.5 Å². The van der Waals surface area contributed by atoms with Crippen LogP contribution in [-0.2, 0) is 0 Å². The Bertz CT molecular complexity index is 646. The average Bonchev–Trinajstić information content (AvgIpc) is 2.46. The average molecular weight is 313 g/mol. The molecule has 1 aliphatic rings. The van der Waals surface area contributed by atoms with Crippen LogP contribution < -0.4 is 9.47 Å². The summed E-state index contributed by atoms with van der Waals surface area (Å²) in [5, 5.41) is -0.264. The van der Waals surface area contributed by atoms with Gasteiger partial charge in [0.05, 0.1) is 5.38 Å². The summed E-state index contributed by atoms with van der Waals surface area (Å²) in [6.07, 6.45) is 0. The van der Waals surface area contributed by atoms with Gasteiger partial charge in [0, 0.05) is 10.6 Å². The predicted octanol–water partition coefficient (Wildman–Crippen LogP) is 4.58. The molecule has 5 heteroatoms. The molecule has 2 nitrogen and oxygen atoms in total. The number of benzene rings is 2. The molecule has 0 radical (unpaired) electrons. The molecule has 0 fully saturated rings. The van der Waals surface area contributed by atoms with Crippen molar-refractivity contribution in [3.63, 3.8) is 0 Å². The Labute approximate surface area is 126 Å². The number of ether oxygens (including phenoxy) is 2. The molecule has 2 aromatic rings. The zero-order valence-corrected chi connectivity index (χ0v) is 11.9. The Hall–Kier alpha value is -1.45. The summed E-state index contributed by atoms with van der Waals surface area (Å²) < 4.78 is 24.8. The van der Waals surface area contributed by atoms with Crippen molar-refractivity contribution in [2.24, 2.45) is 0 Å². The van der Waals surface area contributed by atoms with Crippen molar-refractivity contribution >= 4 is 23.2 Å². The van der Waals surface area contributed by atoms with E-state index in [4.69, 9.17) is 32.7 Å². The molecule has 0 aromatic heterocycles. The van der Waals surface area contributed by atoms with Crippen LogP contribution in [0, 0.1) is 5.82 Å². The molecule has 1 aliphatic heterocycles. The molecule has 1 atom stereocenters. The van der Waals surface area contributed by atoms with Gasteiger partial charge in [0.1, 0.15) is 19.0 Å². The molecular weight excluding hydrogens is 302 g/mol. The van der Waals surface area contributed by atoms with Crippen LogP contribution >= 0.6 is 23.2 Å². The smallest absolute Gasteiger partial charge is 0.161 e. The molecule has 20 heavy (non-hydrogen) atoms. The zero-order chi connectivity index (χ0) is 14.1. The second-order valence-corrected chi connectivity index (χ2v) is 5.30. The van der Waals surface area contributed by atoms with Crippen LogP contribution in [0.5, 0.6) is 11.5 Å². The molecule has 2 aromatic carbocycles. The van der Waals surface area contributed by atoms with Gasteiger partial charge in [0.15, 0.2) is 11.5 Å². The Balaban J connectivity index is 1.95. The number of fused-ring (bicyclic) bond motifs is 1. The standard InChI is InChI=1S/C15H11Cl2FO2/c16-10-2-3-11(12(18)8-10)15(17)9-1-4-13-14(7-9)20-6-5-19-13/h1-4,7-8,15H,5-6H2. The third-order valence-corrected chi connectivity index (χ3v) is 3.82. The van der Waals surface area contributed by atoms with Gasteiger partial charge in [-0.2, -0.15) is 0 Å². The maximum absolute atomic E-state index is 13.9. The van der Waals surface area contributed by atoms with Gasteiger partial charge >= 0.3 is 0 Å². The first kappa shape index (κ1) is 13.5. The predicted molar refractivity (Wildman–Crippen MR) is 76.5 cm³/mol. The summed E-state index contributed by atoms with van der Waals surface area (Å²) in [5.41, 5.74) is 1.13. The molecular formula is C15H11Cl2FO2. The number of rotatable bonds is 2. The zero-order valence-electron chi connectivity index (χ0n) is 10.4. The van der Waals surface area contributed by atoms with Gasteiger partial charge in [-0.15, -0.1) is 11.6 Å². The highest BCUT2D eigenvalue weighted by Gasteiger charge is 2.19. The lowest BCUT2D eigenvalue weighted by Gasteiger charge is -2.20. The molecule has 3 rings (SSSR count). The second-order valence-electron chi connectivity index (χ2n) is 4.43. The Morgan fingerprint density at radius 1 is 1.00 bits per heavy atom. The van der Waals surface area contributed by atoms with Gasteiger partial charge in [-0.05, 0) is 29.8 Å². The van der Waals surface area contributed by atoms with Crippen LogP contribution in [0.25, 0.3) is 0 Å². The molecule has 0 amide bonds. The third kappa shape index (κ3) is 2.56. The summed E-state index contributed by atoms with van der Waals surface area (Å²) in [4.78, 5) is 0. The van der Waals surface area contributed by atoms with E-state index < -0.39 is 11.2 Å². The normalized spacial score (nSPS) is 14.9. The van der Waals surface area contributed by atoms with E-state index in [-0.39, 0.29) is 0 Å². The minimum absolute atomic E-state index is 0.345. The lowest BCUT2D eigenvalue weighted by Crippen LogP contribution is -2.15. The van der Waals surface area contributed by atoms with E-state index in [1.165, 1.54) is 6.07 Å². The quantitative estimate of drug-likeness (QED) is 0.756. The molecule has 104 valence electrons. The minimum atomic E-state index is -0.608. The first-order valence-corrected chi connectivity index (χ1v) is 6.95. The van der Waals surface area contributed by atoms with E-state index in [9.17, 15) is 4.39 Å². The van der Waals surface area contributed by atoms with Crippen molar-refractivity contribution in [2.75, 3.05) is 13.2 Å². The van der Waals surface area contributed by atoms with E-state index in [0.29, 0.717) is 35.3 Å². The van der Waals surface area contributed by atoms with Gasteiger partial charge in [-0.25, -0.2) is 4.39 Å². The van der Waals surface area contributed by atoms with Gasteiger partial charge in [-0.1, -0.05) is 23.7 Å². The van der Waals surface area contributed by atoms with E-state index in [2.05, 4.69) is 0 Å². The molecule has 1 unspecified atom stereocenters. The lowest BCUT2D eigenvalue weighted by atomic mass is 10.0. The molecule has 1 heterocycles. The largest absolute Gasteiger partial charge is 0.486 e. The fraction of sp³-hybridized carbons (Fsp3) is 0.200. The summed E-state index contributed by atoms with van der Waals surface area (Å²) in [6, 6.07) is 9.83. The van der Waals surface area contributed by atoms with Gasteiger partial charge < -0.3 is 9.47 Å². The Kier molecular flexibility index (Phi) is 3.72.